The number of thioether (sulfide) groups is 1. The lowest BCUT2D eigenvalue weighted by Gasteiger charge is -2.30. The van der Waals surface area contributed by atoms with E-state index >= 15 is 0 Å². The van der Waals surface area contributed by atoms with Crippen LogP contribution in [0.4, 0.5) is 22.4 Å². The number of carbonyl (C=O) groups excluding carboxylic acids is 2. The summed E-state index contributed by atoms with van der Waals surface area (Å²) in [7, 11) is 1.58. The van der Waals surface area contributed by atoms with Crippen molar-refractivity contribution in [3.8, 4) is 11.8 Å². The lowest BCUT2D eigenvalue weighted by molar-refractivity contribution is -0.123. The van der Waals surface area contributed by atoms with E-state index in [9.17, 15) is 32.4 Å². The minimum atomic E-state index is -4.03. The molecule has 0 aromatic heterocycles. The molecule has 242 valence electrons. The molecule has 2 N–H and O–H groups in total. The van der Waals surface area contributed by atoms with Crippen LogP contribution in [0.25, 0.3) is 0 Å². The van der Waals surface area contributed by atoms with Crippen LogP contribution in [-0.2, 0) is 15.3 Å². The number of alkyl carbamates (subject to hydrolysis) is 1. The fraction of sp³-hybridized carbons (Fsp3) is 0.500. The Labute approximate surface area is 263 Å². The molecule has 4 rings (SSSR count). The molecule has 0 aliphatic heterocycles. The summed E-state index contributed by atoms with van der Waals surface area (Å²) in [6.07, 6.45) is -1.35. The van der Waals surface area contributed by atoms with Crippen molar-refractivity contribution in [3.63, 3.8) is 0 Å². The number of nitriles is 1. The number of hydrogen-bond donors (Lipinski definition) is 2. The van der Waals surface area contributed by atoms with Gasteiger partial charge in [-0.15, -0.1) is 0 Å². The highest BCUT2D eigenvalue weighted by atomic mass is 32.2. The lowest BCUT2D eigenvalue weighted by atomic mass is 9.76. The Bertz CT molecular complexity index is 1380. The standard InChI is InChI=1S/C32H36F4N4O4S/c1-3-44-29(42)40-27(23-7-5-4-6-8-23)39-26(17-21-13-15-30(16-14-21)31(33,34)32(30,35)36)28(41)38-24(18-37)20-45-19-22-9-11-25(43-2)12-10-22/h4-12,21,24,26H,3,13-17,19-20H2,1-2H3,(H,38,41)(H,39,40,42). The van der Waals surface area contributed by atoms with Crippen molar-refractivity contribution in [2.24, 2.45) is 16.3 Å². The summed E-state index contributed by atoms with van der Waals surface area (Å²) >= 11 is 1.44. The van der Waals surface area contributed by atoms with E-state index in [4.69, 9.17) is 9.47 Å². The van der Waals surface area contributed by atoms with Gasteiger partial charge in [0.05, 0.1) is 19.8 Å². The van der Waals surface area contributed by atoms with Crippen LogP contribution < -0.4 is 15.4 Å². The SMILES string of the molecule is CCOC(=O)NC(=NC(CC1CCC2(CC1)C(F)(F)C2(F)F)C(=O)NC(C#N)CSCc1ccc(OC)cc1)c1ccccc1. The number of alkyl halides is 4. The highest BCUT2D eigenvalue weighted by molar-refractivity contribution is 7.98. The molecule has 2 saturated carbocycles. The largest absolute Gasteiger partial charge is 0.497 e. The van der Waals surface area contributed by atoms with Crippen LogP contribution >= 0.6 is 11.8 Å². The minimum Gasteiger partial charge on any atom is -0.497 e. The Hall–Kier alpha value is -3.79. The third-order valence-corrected chi connectivity index (χ3v) is 9.47. The number of halogens is 4. The van der Waals surface area contributed by atoms with Crippen LogP contribution in [0.5, 0.6) is 5.75 Å². The molecule has 0 heterocycles. The molecule has 0 saturated heterocycles. The molecular formula is C32H36F4N4O4S. The maximum absolute atomic E-state index is 14.0. The number of amides is 2. The topological polar surface area (TPSA) is 113 Å². The molecule has 2 aromatic rings. The number of carbonyl (C=O) groups is 2. The summed E-state index contributed by atoms with van der Waals surface area (Å²) in [5.74, 6) is -7.41. The van der Waals surface area contributed by atoms with E-state index < -0.39 is 41.3 Å². The molecule has 0 bridgehead atoms. The molecule has 13 heteroatoms. The Morgan fingerprint density at radius 1 is 1.07 bits per heavy atom. The molecular weight excluding hydrogens is 612 g/mol. The monoisotopic (exact) mass is 648 g/mol. The molecule has 45 heavy (non-hydrogen) atoms. The summed E-state index contributed by atoms with van der Waals surface area (Å²) < 4.78 is 66.2. The van der Waals surface area contributed by atoms with Crippen LogP contribution in [0.2, 0.25) is 0 Å². The van der Waals surface area contributed by atoms with Gasteiger partial charge in [-0.05, 0) is 62.6 Å². The Balaban J connectivity index is 1.50. The number of hydrogen-bond acceptors (Lipinski definition) is 7. The minimum absolute atomic E-state index is 0.0455. The van der Waals surface area contributed by atoms with Crippen molar-refractivity contribution in [1.82, 2.24) is 10.6 Å². The number of amidine groups is 1. The summed E-state index contributed by atoms with van der Waals surface area (Å²) in [4.78, 5) is 30.6. The summed E-state index contributed by atoms with van der Waals surface area (Å²) in [6, 6.07) is 16.1. The second-order valence-corrected chi connectivity index (χ2v) is 12.2. The molecule has 2 aliphatic rings. The quantitative estimate of drug-likeness (QED) is 0.158. The van der Waals surface area contributed by atoms with Gasteiger partial charge < -0.3 is 14.8 Å². The summed E-state index contributed by atoms with van der Waals surface area (Å²) in [5, 5.41) is 15.1. The van der Waals surface area contributed by atoms with Crippen molar-refractivity contribution >= 4 is 29.6 Å². The van der Waals surface area contributed by atoms with Gasteiger partial charge in [-0.1, -0.05) is 42.5 Å². The van der Waals surface area contributed by atoms with Gasteiger partial charge in [-0.2, -0.15) is 34.6 Å². The predicted molar refractivity (Wildman–Crippen MR) is 163 cm³/mol. The Morgan fingerprint density at radius 2 is 1.71 bits per heavy atom. The van der Waals surface area contributed by atoms with Gasteiger partial charge in [0, 0.05) is 17.1 Å². The zero-order valence-electron chi connectivity index (χ0n) is 25.0. The van der Waals surface area contributed by atoms with Gasteiger partial charge in [0.2, 0.25) is 5.91 Å². The van der Waals surface area contributed by atoms with Crippen LogP contribution in [0.3, 0.4) is 0 Å². The van der Waals surface area contributed by atoms with E-state index in [1.54, 1.807) is 44.4 Å². The van der Waals surface area contributed by atoms with Gasteiger partial charge in [0.25, 0.3) is 0 Å². The summed E-state index contributed by atoms with van der Waals surface area (Å²) in [6.45, 7) is 1.72. The molecule has 0 radical (unpaired) electrons. The first kappa shape index (κ1) is 34.1. The number of rotatable bonds is 12. The van der Waals surface area contributed by atoms with Crippen LogP contribution in [-0.4, -0.2) is 61.2 Å². The van der Waals surface area contributed by atoms with Crippen molar-refractivity contribution < 1.29 is 36.6 Å². The van der Waals surface area contributed by atoms with Crippen LogP contribution in [0.1, 0.15) is 50.2 Å². The van der Waals surface area contributed by atoms with Gasteiger partial charge in [-0.3, -0.25) is 15.1 Å². The van der Waals surface area contributed by atoms with E-state index in [-0.39, 0.29) is 56.2 Å². The predicted octanol–water partition coefficient (Wildman–Crippen LogP) is 6.35. The highest BCUT2D eigenvalue weighted by Gasteiger charge is 2.95. The normalized spacial score (nSPS) is 19.5. The van der Waals surface area contributed by atoms with Gasteiger partial charge in [0.15, 0.2) is 0 Å². The third-order valence-electron chi connectivity index (χ3n) is 8.36. The average molecular weight is 649 g/mol. The zero-order valence-corrected chi connectivity index (χ0v) is 25.8. The number of methoxy groups -OCH3 is 1. The summed E-state index contributed by atoms with van der Waals surface area (Å²) in [5.41, 5.74) is -0.841. The second-order valence-electron chi connectivity index (χ2n) is 11.2. The second kappa shape index (κ2) is 14.5. The van der Waals surface area contributed by atoms with Gasteiger partial charge in [0.1, 0.15) is 29.1 Å². The van der Waals surface area contributed by atoms with Gasteiger partial charge >= 0.3 is 17.9 Å². The van der Waals surface area contributed by atoms with Crippen LogP contribution in [0, 0.1) is 22.7 Å². The van der Waals surface area contributed by atoms with E-state index in [0.29, 0.717) is 11.3 Å². The first-order chi connectivity index (χ1) is 21.5. The van der Waals surface area contributed by atoms with Crippen molar-refractivity contribution in [1.29, 1.82) is 5.26 Å². The molecule has 2 aliphatic carbocycles. The maximum atomic E-state index is 14.0. The molecule has 2 aromatic carbocycles. The van der Waals surface area contributed by atoms with Crippen molar-refractivity contribution in [2.75, 3.05) is 19.5 Å². The van der Waals surface area contributed by atoms with Gasteiger partial charge in [-0.25, -0.2) is 4.79 Å². The first-order valence-electron chi connectivity index (χ1n) is 14.7. The van der Waals surface area contributed by atoms with Crippen molar-refractivity contribution in [2.45, 2.75) is 68.7 Å². The molecule has 2 amide bonds. The van der Waals surface area contributed by atoms with Crippen LogP contribution in [0.15, 0.2) is 59.6 Å². The molecule has 8 nitrogen and oxygen atoms in total. The van der Waals surface area contributed by atoms with E-state index in [1.807, 2.05) is 24.3 Å². The maximum Gasteiger partial charge on any atom is 0.412 e. The third kappa shape index (κ3) is 7.54. The number of nitrogens with one attached hydrogen (secondary N) is 2. The Kier molecular flexibility index (Phi) is 11.0. The van der Waals surface area contributed by atoms with E-state index in [0.717, 1.165) is 11.3 Å². The fourth-order valence-electron chi connectivity index (χ4n) is 5.68. The smallest absolute Gasteiger partial charge is 0.412 e. The van der Waals surface area contributed by atoms with E-state index in [2.05, 4.69) is 21.7 Å². The molecule has 1 spiro atoms. The molecule has 2 fully saturated rings. The molecule has 2 atom stereocenters. The average Bonchev–Trinajstić information content (AvgIpc) is 3.37. The first-order valence-corrected chi connectivity index (χ1v) is 15.9. The Morgan fingerprint density at radius 3 is 2.27 bits per heavy atom. The number of aliphatic imine (C=N–C) groups is 1. The number of ether oxygens (including phenoxy) is 2. The zero-order chi connectivity index (χ0) is 32.7. The number of nitrogens with zero attached hydrogens (tertiary/aromatic N) is 2. The fourth-order valence-corrected chi connectivity index (χ4v) is 6.62. The number of benzene rings is 2. The van der Waals surface area contributed by atoms with Crippen molar-refractivity contribution in [3.05, 3.63) is 65.7 Å². The highest BCUT2D eigenvalue weighted by Crippen LogP contribution is 2.77. The molecule has 2 unspecified atom stereocenters. The van der Waals surface area contributed by atoms with E-state index in [1.165, 1.54) is 11.8 Å². The lowest BCUT2D eigenvalue weighted by Crippen LogP contribution is -2.44.